The summed E-state index contributed by atoms with van der Waals surface area (Å²) in [7, 11) is 0. The first-order valence-electron chi connectivity index (χ1n) is 4.93. The second kappa shape index (κ2) is 3.01. The molecule has 1 aromatic carbocycles. The maximum atomic E-state index is 6.33. The lowest BCUT2D eigenvalue weighted by atomic mass is 9.97. The lowest BCUT2D eigenvalue weighted by molar-refractivity contribution is 0.510. The van der Waals surface area contributed by atoms with Crippen LogP contribution in [0.5, 0.6) is 0 Å². The Morgan fingerprint density at radius 1 is 1.21 bits per heavy atom. The summed E-state index contributed by atoms with van der Waals surface area (Å²) < 4.78 is 0. The zero-order valence-electron chi connectivity index (χ0n) is 9.00. The van der Waals surface area contributed by atoms with E-state index in [1.807, 2.05) is 0 Å². The SMILES string of the molecule is CSc1ccc(C2(N)CC2(C)C)cc1. The van der Waals surface area contributed by atoms with Crippen molar-refractivity contribution in [2.45, 2.75) is 30.7 Å². The molecule has 0 radical (unpaired) electrons. The van der Waals surface area contributed by atoms with Crippen LogP contribution in [0.4, 0.5) is 0 Å². The molecule has 14 heavy (non-hydrogen) atoms. The fourth-order valence-electron chi connectivity index (χ4n) is 2.03. The fourth-order valence-corrected chi connectivity index (χ4v) is 2.44. The molecule has 0 spiro atoms. The Labute approximate surface area is 90.1 Å². The van der Waals surface area contributed by atoms with Gasteiger partial charge in [-0.2, -0.15) is 0 Å². The van der Waals surface area contributed by atoms with E-state index in [1.54, 1.807) is 11.8 Å². The Morgan fingerprint density at radius 2 is 1.71 bits per heavy atom. The highest BCUT2D eigenvalue weighted by Gasteiger charge is 2.59. The molecule has 0 aromatic heterocycles. The smallest absolute Gasteiger partial charge is 0.0468 e. The summed E-state index contributed by atoms with van der Waals surface area (Å²) >= 11 is 1.77. The molecule has 0 heterocycles. The van der Waals surface area contributed by atoms with Crippen LogP contribution in [0.2, 0.25) is 0 Å². The van der Waals surface area contributed by atoms with E-state index in [4.69, 9.17) is 5.73 Å². The summed E-state index contributed by atoms with van der Waals surface area (Å²) in [6, 6.07) is 8.65. The van der Waals surface area contributed by atoms with Crippen LogP contribution in [0.3, 0.4) is 0 Å². The average Bonchev–Trinajstić information content (AvgIpc) is 2.68. The molecule has 1 aromatic rings. The lowest BCUT2D eigenvalue weighted by Gasteiger charge is -2.15. The fraction of sp³-hybridized carbons (Fsp3) is 0.500. The Kier molecular flexibility index (Phi) is 2.16. The largest absolute Gasteiger partial charge is 0.321 e. The molecule has 0 aliphatic heterocycles. The lowest BCUT2D eigenvalue weighted by Crippen LogP contribution is -2.25. The maximum Gasteiger partial charge on any atom is 0.0468 e. The standard InChI is InChI=1S/C12H17NS/c1-11(2)8-12(11,13)9-4-6-10(14-3)7-5-9/h4-7H,8,13H2,1-3H3. The van der Waals surface area contributed by atoms with Crippen molar-refractivity contribution in [3.05, 3.63) is 29.8 Å². The second-order valence-corrected chi connectivity index (χ2v) is 5.64. The minimum atomic E-state index is -0.0794. The summed E-state index contributed by atoms with van der Waals surface area (Å²) in [5.41, 5.74) is 7.80. The van der Waals surface area contributed by atoms with Gasteiger partial charge < -0.3 is 5.73 Å². The highest BCUT2D eigenvalue weighted by Crippen LogP contribution is 2.60. The van der Waals surface area contributed by atoms with Gasteiger partial charge >= 0.3 is 0 Å². The van der Waals surface area contributed by atoms with Crippen LogP contribution in [-0.4, -0.2) is 6.26 Å². The highest BCUT2D eigenvalue weighted by molar-refractivity contribution is 7.98. The quantitative estimate of drug-likeness (QED) is 0.754. The molecule has 1 saturated carbocycles. The molecule has 1 nitrogen and oxygen atoms in total. The molecule has 1 atom stereocenters. The van der Waals surface area contributed by atoms with Crippen molar-refractivity contribution in [2.24, 2.45) is 11.1 Å². The van der Waals surface area contributed by atoms with E-state index >= 15 is 0 Å². The third-order valence-electron chi connectivity index (χ3n) is 3.41. The van der Waals surface area contributed by atoms with Gasteiger partial charge in [0.05, 0.1) is 0 Å². The highest BCUT2D eigenvalue weighted by atomic mass is 32.2. The summed E-state index contributed by atoms with van der Waals surface area (Å²) in [5.74, 6) is 0. The maximum absolute atomic E-state index is 6.33. The second-order valence-electron chi connectivity index (χ2n) is 4.76. The predicted octanol–water partition coefficient (Wildman–Crippen LogP) is 2.99. The Hall–Kier alpha value is -0.470. The van der Waals surface area contributed by atoms with Crippen LogP contribution >= 0.6 is 11.8 Å². The van der Waals surface area contributed by atoms with Gasteiger partial charge in [-0.25, -0.2) is 0 Å². The molecule has 1 fully saturated rings. The predicted molar refractivity (Wildman–Crippen MR) is 62.5 cm³/mol. The van der Waals surface area contributed by atoms with Crippen molar-refractivity contribution >= 4 is 11.8 Å². The molecule has 2 N–H and O–H groups in total. The molecule has 2 heteroatoms. The van der Waals surface area contributed by atoms with E-state index in [2.05, 4.69) is 44.4 Å². The van der Waals surface area contributed by atoms with Crippen LogP contribution in [0.15, 0.2) is 29.2 Å². The first-order chi connectivity index (χ1) is 6.49. The van der Waals surface area contributed by atoms with E-state index in [-0.39, 0.29) is 11.0 Å². The van der Waals surface area contributed by atoms with Gasteiger partial charge in [-0.05, 0) is 35.8 Å². The summed E-state index contributed by atoms with van der Waals surface area (Å²) in [4.78, 5) is 1.30. The minimum absolute atomic E-state index is 0.0794. The number of hydrogen-bond donors (Lipinski definition) is 1. The van der Waals surface area contributed by atoms with Crippen molar-refractivity contribution < 1.29 is 0 Å². The van der Waals surface area contributed by atoms with Crippen molar-refractivity contribution in [3.63, 3.8) is 0 Å². The number of thioether (sulfide) groups is 1. The molecule has 1 aliphatic carbocycles. The summed E-state index contributed by atoms with van der Waals surface area (Å²) in [6.45, 7) is 4.46. The molecular weight excluding hydrogens is 190 g/mol. The van der Waals surface area contributed by atoms with Crippen LogP contribution in [0.25, 0.3) is 0 Å². The van der Waals surface area contributed by atoms with Gasteiger partial charge in [-0.3, -0.25) is 0 Å². The average molecular weight is 207 g/mol. The number of benzene rings is 1. The molecular formula is C12H17NS. The van der Waals surface area contributed by atoms with Gasteiger partial charge in [0.1, 0.15) is 0 Å². The monoisotopic (exact) mass is 207 g/mol. The van der Waals surface area contributed by atoms with Crippen molar-refractivity contribution in [1.29, 1.82) is 0 Å². The van der Waals surface area contributed by atoms with Crippen molar-refractivity contribution in [2.75, 3.05) is 6.26 Å². The van der Waals surface area contributed by atoms with Crippen LogP contribution in [0, 0.1) is 5.41 Å². The van der Waals surface area contributed by atoms with Gasteiger partial charge in [-0.1, -0.05) is 26.0 Å². The van der Waals surface area contributed by atoms with E-state index in [0.717, 1.165) is 6.42 Å². The number of rotatable bonds is 2. The van der Waals surface area contributed by atoms with Crippen LogP contribution < -0.4 is 5.73 Å². The van der Waals surface area contributed by atoms with E-state index in [0.29, 0.717) is 0 Å². The van der Waals surface area contributed by atoms with E-state index < -0.39 is 0 Å². The summed E-state index contributed by atoms with van der Waals surface area (Å²) in [5, 5.41) is 0. The number of hydrogen-bond acceptors (Lipinski definition) is 2. The van der Waals surface area contributed by atoms with Crippen LogP contribution in [0.1, 0.15) is 25.8 Å². The van der Waals surface area contributed by atoms with Gasteiger partial charge in [0.25, 0.3) is 0 Å². The Bertz CT molecular complexity index is 342. The minimum Gasteiger partial charge on any atom is -0.321 e. The van der Waals surface area contributed by atoms with Gasteiger partial charge in [0.2, 0.25) is 0 Å². The topological polar surface area (TPSA) is 26.0 Å². The zero-order chi connectivity index (χ0) is 10.4. The zero-order valence-corrected chi connectivity index (χ0v) is 9.82. The molecule has 0 bridgehead atoms. The molecule has 0 saturated heterocycles. The molecule has 2 rings (SSSR count). The van der Waals surface area contributed by atoms with Gasteiger partial charge in [0.15, 0.2) is 0 Å². The molecule has 1 aliphatic rings. The molecule has 1 unspecified atom stereocenters. The molecule has 76 valence electrons. The summed E-state index contributed by atoms with van der Waals surface area (Å²) in [6.07, 6.45) is 3.19. The third-order valence-corrected chi connectivity index (χ3v) is 4.15. The van der Waals surface area contributed by atoms with E-state index in [9.17, 15) is 0 Å². The molecule has 0 amide bonds. The Morgan fingerprint density at radius 3 is 2.07 bits per heavy atom. The Balaban J connectivity index is 2.27. The van der Waals surface area contributed by atoms with Gasteiger partial charge in [-0.15, -0.1) is 11.8 Å². The van der Waals surface area contributed by atoms with Gasteiger partial charge in [0, 0.05) is 10.4 Å². The first kappa shape index (κ1) is 10.1. The van der Waals surface area contributed by atoms with E-state index in [1.165, 1.54) is 10.5 Å². The third kappa shape index (κ3) is 1.37. The number of nitrogens with two attached hydrogens (primary N) is 1. The van der Waals surface area contributed by atoms with Crippen LogP contribution in [-0.2, 0) is 5.54 Å². The normalized spacial score (nSPS) is 28.9. The van der Waals surface area contributed by atoms with Crippen molar-refractivity contribution in [3.8, 4) is 0 Å². The van der Waals surface area contributed by atoms with Crippen molar-refractivity contribution in [1.82, 2.24) is 0 Å². The first-order valence-corrected chi connectivity index (χ1v) is 6.15.